The van der Waals surface area contributed by atoms with Gasteiger partial charge in [-0.25, -0.2) is 0 Å². The van der Waals surface area contributed by atoms with Crippen LogP contribution in [0.15, 0.2) is 42.5 Å². The molecule has 2 aromatic carbocycles. The number of alkyl halides is 3. The first-order chi connectivity index (χ1) is 16.9. The van der Waals surface area contributed by atoms with Crippen molar-refractivity contribution in [2.75, 3.05) is 36.9 Å². The molecule has 0 radical (unpaired) electrons. The molecule has 11 heteroatoms. The summed E-state index contributed by atoms with van der Waals surface area (Å²) in [6.45, 7) is 2.72. The zero-order chi connectivity index (χ0) is 26.3. The highest BCUT2D eigenvalue weighted by atomic mass is 19.4. The van der Waals surface area contributed by atoms with Gasteiger partial charge in [-0.2, -0.15) is 18.4 Å². The third-order valence-corrected chi connectivity index (χ3v) is 6.75. The average Bonchev–Trinajstić information content (AvgIpc) is 2.86. The van der Waals surface area contributed by atoms with E-state index in [1.54, 1.807) is 19.2 Å². The summed E-state index contributed by atoms with van der Waals surface area (Å²) in [6.07, 6.45) is -3.84. The number of nitrogens with zero attached hydrogens (tertiary/aromatic N) is 3. The second kappa shape index (κ2) is 9.44. The summed E-state index contributed by atoms with van der Waals surface area (Å²) in [5, 5.41) is 24.7. The summed E-state index contributed by atoms with van der Waals surface area (Å²) >= 11 is 0. The maximum atomic E-state index is 13.2. The van der Waals surface area contributed by atoms with Crippen LogP contribution in [0.4, 0.5) is 24.5 Å². The van der Waals surface area contributed by atoms with E-state index in [2.05, 4.69) is 15.5 Å². The predicted molar refractivity (Wildman–Crippen MR) is 126 cm³/mol. The van der Waals surface area contributed by atoms with Crippen LogP contribution >= 0.6 is 0 Å². The number of carbonyl (C=O) groups is 2. The normalized spacial score (nSPS) is 21.1. The largest absolute Gasteiger partial charge is 0.417 e. The number of halogens is 3. The fraction of sp³-hybridized carbons (Fsp3) is 0.400. The van der Waals surface area contributed by atoms with Gasteiger partial charge in [0.05, 0.1) is 17.2 Å². The Bertz CT molecular complexity index is 1190. The number of aliphatic hydroxyl groups is 1. The van der Waals surface area contributed by atoms with E-state index >= 15 is 0 Å². The molecule has 3 heterocycles. The van der Waals surface area contributed by atoms with E-state index in [9.17, 15) is 27.9 Å². The van der Waals surface area contributed by atoms with E-state index in [1.165, 1.54) is 19.1 Å². The smallest absolute Gasteiger partial charge is 0.379 e. The molecule has 3 aliphatic heterocycles. The van der Waals surface area contributed by atoms with Gasteiger partial charge >= 0.3 is 6.18 Å². The molecule has 5 rings (SSSR count). The molecule has 36 heavy (non-hydrogen) atoms. The van der Waals surface area contributed by atoms with Crippen LogP contribution in [0.3, 0.4) is 0 Å². The number of benzene rings is 2. The molecular formula is C25H26F3N5O3. The Kier molecular flexibility index (Phi) is 6.68. The van der Waals surface area contributed by atoms with E-state index in [4.69, 9.17) is 5.26 Å². The summed E-state index contributed by atoms with van der Waals surface area (Å²) in [5.41, 5.74) is -2.15. The predicted octanol–water partition coefficient (Wildman–Crippen LogP) is 2.59. The van der Waals surface area contributed by atoms with Crippen molar-refractivity contribution >= 4 is 23.2 Å². The molecule has 2 amide bonds. The maximum absolute atomic E-state index is 13.2. The van der Waals surface area contributed by atoms with Crippen molar-refractivity contribution in [1.82, 2.24) is 10.2 Å². The highest BCUT2D eigenvalue weighted by Gasteiger charge is 2.48. The summed E-state index contributed by atoms with van der Waals surface area (Å²) in [7, 11) is 1.57. The summed E-state index contributed by atoms with van der Waals surface area (Å²) in [6, 6.07) is 11.9. The molecule has 3 fully saturated rings. The van der Waals surface area contributed by atoms with Crippen LogP contribution in [0.25, 0.3) is 0 Å². The Morgan fingerprint density at radius 1 is 1.14 bits per heavy atom. The van der Waals surface area contributed by atoms with Crippen molar-refractivity contribution in [3.8, 4) is 6.07 Å². The molecule has 0 aliphatic carbocycles. The lowest BCUT2D eigenvalue weighted by molar-refractivity contribution is -0.140. The number of anilines is 2. The lowest BCUT2D eigenvalue weighted by Gasteiger charge is -2.58. The number of amides is 2. The summed E-state index contributed by atoms with van der Waals surface area (Å²) in [4.78, 5) is 28.7. The molecule has 3 N–H and O–H groups in total. The number of nitriles is 1. The molecular weight excluding hydrogens is 475 g/mol. The lowest BCUT2D eigenvalue weighted by Crippen LogP contribution is -2.71. The number of piperazine rings is 1. The van der Waals surface area contributed by atoms with Gasteiger partial charge in [-0.3, -0.25) is 14.5 Å². The first-order valence-corrected chi connectivity index (χ1v) is 11.4. The van der Waals surface area contributed by atoms with Crippen molar-refractivity contribution in [3.63, 3.8) is 0 Å². The number of nitrogens with one attached hydrogen (secondary N) is 2. The van der Waals surface area contributed by atoms with Gasteiger partial charge in [0.25, 0.3) is 11.8 Å². The van der Waals surface area contributed by atoms with E-state index < -0.39 is 28.8 Å². The first-order valence-electron chi connectivity index (χ1n) is 11.4. The highest BCUT2D eigenvalue weighted by molar-refractivity contribution is 5.97. The zero-order valence-corrected chi connectivity index (χ0v) is 19.8. The van der Waals surface area contributed by atoms with Crippen molar-refractivity contribution in [2.45, 2.75) is 37.2 Å². The number of rotatable bonds is 6. The molecule has 3 aliphatic rings. The van der Waals surface area contributed by atoms with Gasteiger partial charge in [0.2, 0.25) is 0 Å². The molecule has 8 nitrogen and oxygen atoms in total. The quantitative estimate of drug-likeness (QED) is 0.562. The number of piperidine rings is 1. The van der Waals surface area contributed by atoms with Crippen molar-refractivity contribution in [2.24, 2.45) is 0 Å². The molecule has 2 bridgehead atoms. The summed E-state index contributed by atoms with van der Waals surface area (Å²) in [5.74, 6) is -0.989. The minimum absolute atomic E-state index is 0.0278. The van der Waals surface area contributed by atoms with Crippen LogP contribution in [-0.2, 0) is 11.0 Å². The second-order valence-electron chi connectivity index (χ2n) is 9.34. The van der Waals surface area contributed by atoms with Gasteiger partial charge < -0.3 is 20.6 Å². The standard InChI is InChI=1S/C25H26F3N5O3/c1-24(36,23(35)31-17-6-3-16(11-29)21(9-17)25(26,27)28)14-33-19-10-20(33)13-32(12-19)18-7-4-15(5-8-18)22(34)30-2/h3-9,19-20,36H,10,12-14H2,1-2H3,(H,30,34)(H,31,35). The van der Waals surface area contributed by atoms with Crippen LogP contribution in [0, 0.1) is 11.3 Å². The number of fused-ring (bicyclic) bond motifs is 2. The minimum atomic E-state index is -4.75. The lowest BCUT2D eigenvalue weighted by atomic mass is 9.85. The Balaban J connectivity index is 1.38. The van der Waals surface area contributed by atoms with Crippen molar-refractivity contribution in [1.29, 1.82) is 5.26 Å². The van der Waals surface area contributed by atoms with Gasteiger partial charge in [0.15, 0.2) is 5.60 Å². The molecule has 0 spiro atoms. The van der Waals surface area contributed by atoms with Gasteiger partial charge in [0.1, 0.15) is 0 Å². The Hall–Kier alpha value is -3.62. The second-order valence-corrected chi connectivity index (χ2v) is 9.34. The molecule has 0 saturated carbocycles. The minimum Gasteiger partial charge on any atom is -0.379 e. The molecule has 3 unspecified atom stereocenters. The Morgan fingerprint density at radius 3 is 2.33 bits per heavy atom. The third kappa shape index (κ3) is 5.01. The highest BCUT2D eigenvalue weighted by Crippen LogP contribution is 2.36. The maximum Gasteiger partial charge on any atom is 0.417 e. The number of hydrogen-bond donors (Lipinski definition) is 3. The first kappa shape index (κ1) is 25.5. The average molecular weight is 502 g/mol. The number of carbonyl (C=O) groups excluding carboxylic acids is 2. The fourth-order valence-corrected chi connectivity index (χ4v) is 4.77. The van der Waals surface area contributed by atoms with Gasteiger partial charge in [-0.1, -0.05) is 0 Å². The molecule has 2 aromatic rings. The summed E-state index contributed by atoms with van der Waals surface area (Å²) < 4.78 is 39.7. The monoisotopic (exact) mass is 501 g/mol. The van der Waals surface area contributed by atoms with E-state index in [0.717, 1.165) is 18.2 Å². The fourth-order valence-electron chi connectivity index (χ4n) is 4.77. The van der Waals surface area contributed by atoms with Crippen LogP contribution in [0.5, 0.6) is 0 Å². The number of hydrogen-bond acceptors (Lipinski definition) is 6. The van der Waals surface area contributed by atoms with Crippen molar-refractivity contribution < 1.29 is 27.9 Å². The van der Waals surface area contributed by atoms with E-state index in [1.807, 2.05) is 17.0 Å². The Morgan fingerprint density at radius 2 is 1.78 bits per heavy atom. The zero-order valence-electron chi connectivity index (χ0n) is 19.8. The van der Waals surface area contributed by atoms with Crippen LogP contribution in [-0.4, -0.2) is 66.2 Å². The Labute approximate surface area is 206 Å². The van der Waals surface area contributed by atoms with Gasteiger partial charge in [-0.15, -0.1) is 0 Å². The molecule has 0 aromatic heterocycles. The molecule has 3 saturated heterocycles. The van der Waals surface area contributed by atoms with E-state index in [-0.39, 0.29) is 30.2 Å². The topological polar surface area (TPSA) is 109 Å². The van der Waals surface area contributed by atoms with E-state index in [0.29, 0.717) is 24.7 Å². The third-order valence-electron chi connectivity index (χ3n) is 6.75. The van der Waals surface area contributed by atoms with Crippen molar-refractivity contribution in [3.05, 3.63) is 59.2 Å². The van der Waals surface area contributed by atoms with Crippen LogP contribution < -0.4 is 15.5 Å². The molecule has 3 atom stereocenters. The molecule has 190 valence electrons. The van der Waals surface area contributed by atoms with Crippen LogP contribution in [0.2, 0.25) is 0 Å². The van der Waals surface area contributed by atoms with Gasteiger partial charge in [-0.05, 0) is 55.8 Å². The van der Waals surface area contributed by atoms with Crippen LogP contribution in [0.1, 0.15) is 34.8 Å². The SMILES string of the molecule is CNC(=O)c1ccc(N2CC3CC(C2)N3CC(C)(O)C(=O)Nc2ccc(C#N)c(C(F)(F)F)c2)cc1. The van der Waals surface area contributed by atoms with Gasteiger partial charge in [0, 0.05) is 55.7 Å².